The van der Waals surface area contributed by atoms with E-state index < -0.39 is 10.9 Å². The first-order valence-corrected chi connectivity index (χ1v) is 7.35. The van der Waals surface area contributed by atoms with Crippen LogP contribution >= 0.6 is 15.9 Å². The molecule has 1 heterocycles. The molecule has 0 radical (unpaired) electrons. The van der Waals surface area contributed by atoms with Gasteiger partial charge in [-0.1, -0.05) is 30.3 Å². The normalized spacial score (nSPS) is 10.7. The predicted molar refractivity (Wildman–Crippen MR) is 87.0 cm³/mol. The molecule has 2 aromatic carbocycles. The summed E-state index contributed by atoms with van der Waals surface area (Å²) in [4.78, 5) is 25.6. The van der Waals surface area contributed by atoms with Gasteiger partial charge in [-0.05, 0) is 32.8 Å². The molecule has 23 heavy (non-hydrogen) atoms. The number of nitro groups is 1. The summed E-state index contributed by atoms with van der Waals surface area (Å²) in [5.74, 6) is -0.920. The molecule has 1 amide bonds. The molecule has 0 saturated carbocycles. The second-order valence-electron chi connectivity index (χ2n) is 4.71. The van der Waals surface area contributed by atoms with Gasteiger partial charge in [0.15, 0.2) is 0 Å². The van der Waals surface area contributed by atoms with Gasteiger partial charge in [-0.15, -0.1) is 0 Å². The van der Waals surface area contributed by atoms with E-state index in [-0.39, 0.29) is 17.2 Å². The number of amides is 1. The Labute approximate surface area is 138 Å². The van der Waals surface area contributed by atoms with Crippen LogP contribution in [0.2, 0.25) is 0 Å². The highest BCUT2D eigenvalue weighted by molar-refractivity contribution is 9.10. The molecule has 0 aliphatic carbocycles. The van der Waals surface area contributed by atoms with Crippen molar-refractivity contribution in [1.82, 2.24) is 14.8 Å². The van der Waals surface area contributed by atoms with Crippen molar-refractivity contribution >= 4 is 44.2 Å². The molecule has 8 nitrogen and oxygen atoms in total. The Morgan fingerprint density at radius 2 is 2.00 bits per heavy atom. The second kappa shape index (κ2) is 6.13. The van der Waals surface area contributed by atoms with Gasteiger partial charge >= 0.3 is 5.95 Å². The Morgan fingerprint density at radius 3 is 2.70 bits per heavy atom. The fourth-order valence-electron chi connectivity index (χ4n) is 2.09. The molecule has 0 aliphatic heterocycles. The van der Waals surface area contributed by atoms with Crippen molar-refractivity contribution in [1.29, 1.82) is 0 Å². The molecule has 116 valence electrons. The topological polar surface area (TPSA) is 103 Å². The van der Waals surface area contributed by atoms with Crippen molar-refractivity contribution in [3.8, 4) is 0 Å². The van der Waals surface area contributed by atoms with Gasteiger partial charge in [0.1, 0.15) is 6.54 Å². The molecule has 0 spiro atoms. The van der Waals surface area contributed by atoms with Crippen LogP contribution in [0, 0.1) is 10.1 Å². The summed E-state index contributed by atoms with van der Waals surface area (Å²) in [7, 11) is 0. The standard InChI is InChI=1S/C14H10BrN5O3/c15-13-17-14(20(22)23)18-19(13)8-12(21)16-11-6-5-9-3-1-2-4-10(9)7-11/h1-7H,8H2,(H,16,21). The third-order valence-corrected chi connectivity index (χ3v) is 3.69. The Bertz CT molecular complexity index is 908. The highest BCUT2D eigenvalue weighted by Gasteiger charge is 2.21. The minimum atomic E-state index is -0.720. The first-order chi connectivity index (χ1) is 11.0. The number of rotatable bonds is 4. The van der Waals surface area contributed by atoms with Crippen molar-refractivity contribution in [2.45, 2.75) is 6.54 Å². The summed E-state index contributed by atoms with van der Waals surface area (Å²) < 4.78 is 1.24. The van der Waals surface area contributed by atoms with Gasteiger partial charge < -0.3 is 15.4 Å². The molecule has 0 unspecified atom stereocenters. The molecule has 0 aliphatic rings. The predicted octanol–water partition coefficient (Wildman–Crippen LogP) is 2.74. The Balaban J connectivity index is 1.74. The lowest BCUT2D eigenvalue weighted by molar-refractivity contribution is -0.394. The molecular formula is C14H10BrN5O3. The highest BCUT2D eigenvalue weighted by Crippen LogP contribution is 2.19. The number of hydrogen-bond donors (Lipinski definition) is 1. The average Bonchev–Trinajstić information content (AvgIpc) is 2.88. The summed E-state index contributed by atoms with van der Waals surface area (Å²) in [5.41, 5.74) is 0.638. The summed E-state index contributed by atoms with van der Waals surface area (Å²) in [6.07, 6.45) is 0. The van der Waals surface area contributed by atoms with Gasteiger partial charge in [-0.25, -0.2) is 0 Å². The average molecular weight is 376 g/mol. The molecule has 0 bridgehead atoms. The van der Waals surface area contributed by atoms with E-state index in [9.17, 15) is 14.9 Å². The van der Waals surface area contributed by atoms with E-state index >= 15 is 0 Å². The van der Waals surface area contributed by atoms with Gasteiger partial charge in [-0.2, -0.15) is 4.68 Å². The lowest BCUT2D eigenvalue weighted by Crippen LogP contribution is -2.19. The van der Waals surface area contributed by atoms with Gasteiger partial charge in [0, 0.05) is 26.7 Å². The van der Waals surface area contributed by atoms with Crippen molar-refractivity contribution in [2.24, 2.45) is 0 Å². The van der Waals surface area contributed by atoms with Gasteiger partial charge in [0.2, 0.25) is 5.91 Å². The maximum atomic E-state index is 12.1. The minimum Gasteiger partial charge on any atom is -0.390 e. The van der Waals surface area contributed by atoms with Crippen LogP contribution < -0.4 is 5.32 Å². The molecule has 0 atom stereocenters. The smallest absolute Gasteiger partial charge is 0.390 e. The summed E-state index contributed by atoms with van der Waals surface area (Å²) >= 11 is 3.04. The molecule has 1 aromatic heterocycles. The summed E-state index contributed by atoms with van der Waals surface area (Å²) in [6, 6.07) is 13.3. The number of benzene rings is 2. The third-order valence-electron chi connectivity index (χ3n) is 3.11. The summed E-state index contributed by atoms with van der Waals surface area (Å²) in [6.45, 7) is -0.186. The fourth-order valence-corrected chi connectivity index (χ4v) is 2.46. The number of hydrogen-bond acceptors (Lipinski definition) is 5. The highest BCUT2D eigenvalue weighted by atomic mass is 79.9. The number of nitrogens with one attached hydrogen (secondary N) is 1. The van der Waals surface area contributed by atoms with Crippen LogP contribution in [0.1, 0.15) is 0 Å². The largest absolute Gasteiger partial charge is 0.492 e. The van der Waals surface area contributed by atoms with Crippen LogP contribution in [0.25, 0.3) is 10.8 Å². The number of anilines is 1. The second-order valence-corrected chi connectivity index (χ2v) is 5.41. The number of fused-ring (bicyclic) bond motifs is 1. The zero-order valence-corrected chi connectivity index (χ0v) is 13.2. The molecular weight excluding hydrogens is 366 g/mol. The Hall–Kier alpha value is -2.81. The maximum Gasteiger partial charge on any atom is 0.492 e. The third kappa shape index (κ3) is 3.34. The van der Waals surface area contributed by atoms with E-state index in [0.29, 0.717) is 5.69 Å². The SMILES string of the molecule is O=C(Cn1nc([N+](=O)[O-])nc1Br)Nc1ccc2ccccc2c1. The van der Waals surface area contributed by atoms with Crippen molar-refractivity contribution in [3.05, 3.63) is 57.3 Å². The van der Waals surface area contributed by atoms with E-state index in [4.69, 9.17) is 0 Å². The Morgan fingerprint density at radius 1 is 1.26 bits per heavy atom. The lowest BCUT2D eigenvalue weighted by Gasteiger charge is -2.06. The van der Waals surface area contributed by atoms with Crippen LogP contribution in [0.4, 0.5) is 11.6 Å². The van der Waals surface area contributed by atoms with E-state index in [2.05, 4.69) is 31.3 Å². The van der Waals surface area contributed by atoms with E-state index in [1.807, 2.05) is 36.4 Å². The number of carbonyl (C=O) groups excluding carboxylic acids is 1. The van der Waals surface area contributed by atoms with Crippen LogP contribution in [0.3, 0.4) is 0 Å². The first kappa shape index (κ1) is 15.1. The van der Waals surface area contributed by atoms with Crippen LogP contribution in [0.5, 0.6) is 0 Å². The molecule has 0 fully saturated rings. The molecule has 0 saturated heterocycles. The number of aromatic nitrogens is 3. The minimum absolute atomic E-state index is 0.123. The first-order valence-electron chi connectivity index (χ1n) is 6.56. The van der Waals surface area contributed by atoms with Crippen molar-refractivity contribution < 1.29 is 9.72 Å². The molecule has 1 N–H and O–H groups in total. The number of halogens is 1. The Kier molecular flexibility index (Phi) is 4.02. The van der Waals surface area contributed by atoms with E-state index in [0.717, 1.165) is 15.5 Å². The molecule has 3 aromatic rings. The fraction of sp³-hybridized carbons (Fsp3) is 0.0714. The van der Waals surface area contributed by atoms with Crippen molar-refractivity contribution in [2.75, 3.05) is 5.32 Å². The monoisotopic (exact) mass is 375 g/mol. The van der Waals surface area contributed by atoms with E-state index in [1.165, 1.54) is 0 Å². The zero-order chi connectivity index (χ0) is 16.4. The number of nitrogens with zero attached hydrogens (tertiary/aromatic N) is 4. The van der Waals surface area contributed by atoms with Crippen LogP contribution in [0.15, 0.2) is 47.2 Å². The van der Waals surface area contributed by atoms with Gasteiger partial charge in [0.25, 0.3) is 4.73 Å². The number of carbonyl (C=O) groups is 1. The summed E-state index contributed by atoms with van der Waals surface area (Å²) in [5, 5.41) is 19.1. The molecule has 9 heteroatoms. The van der Waals surface area contributed by atoms with Crippen LogP contribution in [-0.4, -0.2) is 25.6 Å². The van der Waals surface area contributed by atoms with E-state index in [1.54, 1.807) is 6.07 Å². The quantitative estimate of drug-likeness (QED) is 0.557. The molecule has 3 rings (SSSR count). The maximum absolute atomic E-state index is 12.1. The van der Waals surface area contributed by atoms with Crippen molar-refractivity contribution in [3.63, 3.8) is 0 Å². The zero-order valence-electron chi connectivity index (χ0n) is 11.6. The lowest BCUT2D eigenvalue weighted by atomic mass is 10.1. The van der Waals surface area contributed by atoms with Gasteiger partial charge in [-0.3, -0.25) is 4.79 Å². The van der Waals surface area contributed by atoms with Crippen LogP contribution in [-0.2, 0) is 11.3 Å². The van der Waals surface area contributed by atoms with Gasteiger partial charge in [0.05, 0.1) is 0 Å².